The van der Waals surface area contributed by atoms with Crippen LogP contribution < -0.4 is 5.32 Å². The maximum Gasteiger partial charge on any atom is 0.0443 e. The van der Waals surface area contributed by atoms with Gasteiger partial charge in [-0.15, -0.1) is 0 Å². The lowest BCUT2D eigenvalue weighted by atomic mass is 9.89. The van der Waals surface area contributed by atoms with Gasteiger partial charge < -0.3 is 15.3 Å². The molecule has 1 saturated carbocycles. The second-order valence-corrected chi connectivity index (χ2v) is 7.12. The Kier molecular flexibility index (Phi) is 6.11. The summed E-state index contributed by atoms with van der Waals surface area (Å²) in [6.45, 7) is 9.65. The van der Waals surface area contributed by atoms with E-state index >= 15 is 0 Å². The van der Waals surface area contributed by atoms with E-state index in [0.717, 1.165) is 30.7 Å². The quantitative estimate of drug-likeness (QED) is 0.662. The molecule has 2 atom stereocenters. The molecule has 0 bridgehead atoms. The molecule has 2 unspecified atom stereocenters. The van der Waals surface area contributed by atoms with Gasteiger partial charge in [0.05, 0.1) is 0 Å². The van der Waals surface area contributed by atoms with E-state index < -0.39 is 0 Å². The highest BCUT2D eigenvalue weighted by Crippen LogP contribution is 2.37. The zero-order chi connectivity index (χ0) is 13.7. The van der Waals surface area contributed by atoms with Crippen molar-refractivity contribution in [2.45, 2.75) is 52.0 Å². The van der Waals surface area contributed by atoms with E-state index in [1.54, 1.807) is 0 Å². The predicted molar refractivity (Wildman–Crippen MR) is 80.2 cm³/mol. The lowest BCUT2D eigenvalue weighted by Crippen LogP contribution is -2.50. The minimum atomic E-state index is 0.306. The van der Waals surface area contributed by atoms with E-state index in [1.807, 2.05) is 0 Å². The van der Waals surface area contributed by atoms with Gasteiger partial charge in [0, 0.05) is 32.3 Å². The van der Waals surface area contributed by atoms with Crippen LogP contribution in [0.4, 0.5) is 0 Å². The summed E-state index contributed by atoms with van der Waals surface area (Å²) in [5.41, 5.74) is 0. The fourth-order valence-corrected chi connectivity index (χ4v) is 3.50. The number of aliphatic hydroxyl groups is 1. The van der Waals surface area contributed by atoms with Gasteiger partial charge in [-0.1, -0.05) is 26.7 Å². The summed E-state index contributed by atoms with van der Waals surface area (Å²) in [7, 11) is 0. The molecule has 2 aliphatic rings. The predicted octanol–water partition coefficient (Wildman–Crippen LogP) is 2.11. The van der Waals surface area contributed by atoms with Gasteiger partial charge in [0.1, 0.15) is 0 Å². The highest BCUT2D eigenvalue weighted by molar-refractivity contribution is 4.87. The number of nitrogens with one attached hydrogen (secondary N) is 1. The topological polar surface area (TPSA) is 35.5 Å². The number of piperidine rings is 1. The number of rotatable bonds is 8. The molecule has 0 amide bonds. The zero-order valence-corrected chi connectivity index (χ0v) is 12.8. The first kappa shape index (κ1) is 15.3. The first-order valence-corrected chi connectivity index (χ1v) is 8.24. The van der Waals surface area contributed by atoms with Gasteiger partial charge in [0.15, 0.2) is 0 Å². The molecular formula is C16H32N2O. The molecule has 0 aromatic carbocycles. The molecule has 1 heterocycles. The van der Waals surface area contributed by atoms with Crippen LogP contribution in [0.2, 0.25) is 0 Å². The molecule has 3 heteroatoms. The molecule has 0 aromatic heterocycles. The van der Waals surface area contributed by atoms with Crippen LogP contribution in [0.15, 0.2) is 0 Å². The van der Waals surface area contributed by atoms with E-state index in [0.29, 0.717) is 12.6 Å². The van der Waals surface area contributed by atoms with Gasteiger partial charge in [-0.05, 0) is 43.6 Å². The van der Waals surface area contributed by atoms with Crippen molar-refractivity contribution in [3.05, 3.63) is 0 Å². The molecule has 3 nitrogen and oxygen atoms in total. The van der Waals surface area contributed by atoms with Crippen molar-refractivity contribution in [3.8, 4) is 0 Å². The molecule has 112 valence electrons. The molecule has 2 N–H and O–H groups in total. The smallest absolute Gasteiger partial charge is 0.0443 e. The first-order valence-electron chi connectivity index (χ1n) is 8.24. The fraction of sp³-hybridized carbons (Fsp3) is 1.00. The van der Waals surface area contributed by atoms with E-state index in [9.17, 15) is 0 Å². The summed E-state index contributed by atoms with van der Waals surface area (Å²) in [6.07, 6.45) is 6.63. The number of nitrogens with zero attached hydrogens (tertiary/aromatic N) is 1. The molecule has 0 spiro atoms. The average Bonchev–Trinajstić information content (AvgIpc) is 3.12. The van der Waals surface area contributed by atoms with Gasteiger partial charge in [-0.2, -0.15) is 0 Å². The Hall–Kier alpha value is -0.120. The lowest BCUT2D eigenvalue weighted by Gasteiger charge is -2.39. The molecule has 0 radical (unpaired) electrons. The van der Waals surface area contributed by atoms with Crippen molar-refractivity contribution in [2.24, 2.45) is 17.8 Å². The van der Waals surface area contributed by atoms with Crippen LogP contribution in [-0.4, -0.2) is 48.8 Å². The summed E-state index contributed by atoms with van der Waals surface area (Å²) >= 11 is 0. The third-order valence-electron chi connectivity index (χ3n) is 4.37. The number of aliphatic hydroxyl groups excluding tert-OH is 1. The standard InChI is InChI=1S/C16H32N2O/c1-13(2)10-18-11-15(8-14-4-5-14)9-16(12-18)17-6-3-7-19/h13-17,19H,3-12H2,1-2H3. The van der Waals surface area contributed by atoms with Crippen LogP contribution in [0.3, 0.4) is 0 Å². The normalized spacial score (nSPS) is 29.1. The number of hydrogen-bond donors (Lipinski definition) is 2. The third-order valence-corrected chi connectivity index (χ3v) is 4.37. The molecule has 0 aromatic rings. The second-order valence-electron chi connectivity index (χ2n) is 7.12. The maximum atomic E-state index is 8.90. The Bertz CT molecular complexity index is 241. The minimum absolute atomic E-state index is 0.306. The van der Waals surface area contributed by atoms with Gasteiger partial charge in [-0.25, -0.2) is 0 Å². The van der Waals surface area contributed by atoms with Gasteiger partial charge >= 0.3 is 0 Å². The van der Waals surface area contributed by atoms with Crippen LogP contribution in [-0.2, 0) is 0 Å². The molecular weight excluding hydrogens is 236 g/mol. The fourth-order valence-electron chi connectivity index (χ4n) is 3.50. The molecule has 1 aliphatic heterocycles. The van der Waals surface area contributed by atoms with Crippen molar-refractivity contribution in [2.75, 3.05) is 32.8 Å². The van der Waals surface area contributed by atoms with Crippen molar-refractivity contribution in [1.29, 1.82) is 0 Å². The Morgan fingerprint density at radius 2 is 2.00 bits per heavy atom. The zero-order valence-electron chi connectivity index (χ0n) is 12.8. The van der Waals surface area contributed by atoms with E-state index in [-0.39, 0.29) is 0 Å². The van der Waals surface area contributed by atoms with E-state index in [4.69, 9.17) is 5.11 Å². The molecule has 2 fully saturated rings. The van der Waals surface area contributed by atoms with Crippen LogP contribution in [0, 0.1) is 17.8 Å². The van der Waals surface area contributed by atoms with E-state index in [1.165, 1.54) is 45.3 Å². The SMILES string of the molecule is CC(C)CN1CC(CC2CC2)CC(NCCCO)C1. The van der Waals surface area contributed by atoms with Gasteiger partial charge in [0.2, 0.25) is 0 Å². The van der Waals surface area contributed by atoms with Crippen molar-refractivity contribution < 1.29 is 5.11 Å². The monoisotopic (exact) mass is 268 g/mol. The summed E-state index contributed by atoms with van der Waals surface area (Å²) in [6, 6.07) is 0.641. The summed E-state index contributed by atoms with van der Waals surface area (Å²) in [5.74, 6) is 2.70. The van der Waals surface area contributed by atoms with Crippen molar-refractivity contribution in [1.82, 2.24) is 10.2 Å². The van der Waals surface area contributed by atoms with Gasteiger partial charge in [0.25, 0.3) is 0 Å². The molecule has 1 aliphatic carbocycles. The largest absolute Gasteiger partial charge is 0.396 e. The number of hydrogen-bond acceptors (Lipinski definition) is 3. The minimum Gasteiger partial charge on any atom is -0.396 e. The van der Waals surface area contributed by atoms with Gasteiger partial charge in [-0.3, -0.25) is 0 Å². The summed E-state index contributed by atoms with van der Waals surface area (Å²) < 4.78 is 0. The van der Waals surface area contributed by atoms with Crippen LogP contribution in [0.1, 0.15) is 46.0 Å². The van der Waals surface area contributed by atoms with Crippen LogP contribution in [0.5, 0.6) is 0 Å². The Balaban J connectivity index is 1.79. The highest BCUT2D eigenvalue weighted by atomic mass is 16.3. The first-order chi connectivity index (χ1) is 9.17. The van der Waals surface area contributed by atoms with Crippen molar-refractivity contribution in [3.63, 3.8) is 0 Å². The van der Waals surface area contributed by atoms with E-state index in [2.05, 4.69) is 24.1 Å². The average molecular weight is 268 g/mol. The Morgan fingerprint density at radius 1 is 1.21 bits per heavy atom. The van der Waals surface area contributed by atoms with Crippen LogP contribution >= 0.6 is 0 Å². The highest BCUT2D eigenvalue weighted by Gasteiger charge is 2.31. The maximum absolute atomic E-state index is 8.90. The Morgan fingerprint density at radius 3 is 2.63 bits per heavy atom. The lowest BCUT2D eigenvalue weighted by molar-refractivity contribution is 0.120. The third kappa shape index (κ3) is 5.80. The second kappa shape index (κ2) is 7.61. The molecule has 19 heavy (non-hydrogen) atoms. The summed E-state index contributed by atoms with van der Waals surface area (Å²) in [4.78, 5) is 2.66. The van der Waals surface area contributed by atoms with Crippen LogP contribution in [0.25, 0.3) is 0 Å². The summed E-state index contributed by atoms with van der Waals surface area (Å²) in [5, 5.41) is 12.5. The molecule has 1 saturated heterocycles. The molecule has 2 rings (SSSR count). The number of likely N-dealkylation sites (tertiary alicyclic amines) is 1. The Labute approximate surface area is 118 Å². The van der Waals surface area contributed by atoms with Crippen molar-refractivity contribution >= 4 is 0 Å².